The van der Waals surface area contributed by atoms with E-state index >= 15 is 0 Å². The lowest BCUT2D eigenvalue weighted by atomic mass is 9.82. The summed E-state index contributed by atoms with van der Waals surface area (Å²) in [4.78, 5) is 25.8. The van der Waals surface area contributed by atoms with Crippen LogP contribution >= 0.6 is 0 Å². The summed E-state index contributed by atoms with van der Waals surface area (Å²) in [6.07, 6.45) is 2.57. The molecule has 1 saturated heterocycles. The van der Waals surface area contributed by atoms with E-state index in [1.165, 1.54) is 0 Å². The second kappa shape index (κ2) is 6.73. The minimum atomic E-state index is -0.302. The largest absolute Gasteiger partial charge is 0.358 e. The van der Waals surface area contributed by atoms with Crippen LogP contribution in [0.2, 0.25) is 0 Å². The highest BCUT2D eigenvalue weighted by Gasteiger charge is 2.42. The van der Waals surface area contributed by atoms with Gasteiger partial charge in [-0.3, -0.25) is 9.59 Å². The van der Waals surface area contributed by atoms with E-state index in [4.69, 9.17) is 0 Å². The predicted octanol–water partition coefficient (Wildman–Crippen LogP) is 0.361. The molecule has 104 valence electrons. The number of carbonyl (C=O) groups is 2. The van der Waals surface area contributed by atoms with Gasteiger partial charge in [-0.05, 0) is 25.8 Å². The van der Waals surface area contributed by atoms with Crippen molar-refractivity contribution >= 4 is 11.8 Å². The minimum absolute atomic E-state index is 0.103. The Morgan fingerprint density at radius 2 is 2.11 bits per heavy atom. The van der Waals surface area contributed by atoms with Crippen LogP contribution < -0.4 is 10.6 Å². The standard InChI is InChI=1S/C13H25N3O2/c1-4-8-16(9-11(17)14-3)12(18)13(5-2)6-7-15-10-13/h15H,4-10H2,1-3H3,(H,14,17). The van der Waals surface area contributed by atoms with Gasteiger partial charge in [0.1, 0.15) is 0 Å². The van der Waals surface area contributed by atoms with Gasteiger partial charge in [0.2, 0.25) is 11.8 Å². The molecule has 0 aromatic carbocycles. The normalized spacial score (nSPS) is 22.8. The van der Waals surface area contributed by atoms with Gasteiger partial charge < -0.3 is 15.5 Å². The lowest BCUT2D eigenvalue weighted by Crippen LogP contribution is -2.48. The smallest absolute Gasteiger partial charge is 0.239 e. The van der Waals surface area contributed by atoms with Gasteiger partial charge in [-0.15, -0.1) is 0 Å². The van der Waals surface area contributed by atoms with Gasteiger partial charge in [-0.1, -0.05) is 13.8 Å². The van der Waals surface area contributed by atoms with Crippen molar-refractivity contribution in [3.63, 3.8) is 0 Å². The molecule has 1 unspecified atom stereocenters. The average molecular weight is 255 g/mol. The zero-order chi connectivity index (χ0) is 13.6. The summed E-state index contributed by atoms with van der Waals surface area (Å²) in [7, 11) is 1.60. The van der Waals surface area contributed by atoms with Gasteiger partial charge in [-0.2, -0.15) is 0 Å². The summed E-state index contributed by atoms with van der Waals surface area (Å²) in [5.41, 5.74) is -0.302. The fourth-order valence-corrected chi connectivity index (χ4v) is 2.49. The molecule has 0 aliphatic carbocycles. The Labute approximate surface area is 109 Å². The van der Waals surface area contributed by atoms with Crippen molar-refractivity contribution in [3.8, 4) is 0 Å². The summed E-state index contributed by atoms with van der Waals surface area (Å²) in [6, 6.07) is 0. The van der Waals surface area contributed by atoms with Gasteiger partial charge in [0.05, 0.1) is 12.0 Å². The number of nitrogens with one attached hydrogen (secondary N) is 2. The van der Waals surface area contributed by atoms with Crippen molar-refractivity contribution in [1.82, 2.24) is 15.5 Å². The highest BCUT2D eigenvalue weighted by molar-refractivity contribution is 5.88. The lowest BCUT2D eigenvalue weighted by Gasteiger charge is -2.32. The van der Waals surface area contributed by atoms with Crippen LogP contribution in [0.5, 0.6) is 0 Å². The Bertz CT molecular complexity index is 299. The van der Waals surface area contributed by atoms with Crippen LogP contribution in [0, 0.1) is 5.41 Å². The third kappa shape index (κ3) is 3.22. The lowest BCUT2D eigenvalue weighted by molar-refractivity contribution is -0.144. The maximum Gasteiger partial charge on any atom is 0.239 e. The summed E-state index contributed by atoms with van der Waals surface area (Å²) in [5.74, 6) is 0.0226. The number of carbonyl (C=O) groups excluding carboxylic acids is 2. The van der Waals surface area contributed by atoms with E-state index in [0.29, 0.717) is 6.54 Å². The highest BCUT2D eigenvalue weighted by atomic mass is 16.2. The third-order valence-corrected chi connectivity index (χ3v) is 3.77. The van der Waals surface area contributed by atoms with Gasteiger partial charge in [0, 0.05) is 20.1 Å². The van der Waals surface area contributed by atoms with E-state index in [9.17, 15) is 9.59 Å². The first kappa shape index (κ1) is 15.0. The molecule has 2 N–H and O–H groups in total. The van der Waals surface area contributed by atoms with Gasteiger partial charge in [0.15, 0.2) is 0 Å². The molecule has 1 aliphatic heterocycles. The molecule has 0 bridgehead atoms. The van der Waals surface area contributed by atoms with Crippen molar-refractivity contribution in [2.24, 2.45) is 5.41 Å². The van der Waals surface area contributed by atoms with Gasteiger partial charge in [-0.25, -0.2) is 0 Å². The molecule has 0 saturated carbocycles. The first-order chi connectivity index (χ1) is 8.59. The Morgan fingerprint density at radius 3 is 2.56 bits per heavy atom. The number of nitrogens with zero attached hydrogens (tertiary/aromatic N) is 1. The molecule has 1 fully saturated rings. The molecule has 2 amide bonds. The van der Waals surface area contributed by atoms with Crippen molar-refractivity contribution in [1.29, 1.82) is 0 Å². The first-order valence-electron chi connectivity index (χ1n) is 6.80. The van der Waals surface area contributed by atoms with E-state index in [1.54, 1.807) is 11.9 Å². The van der Waals surface area contributed by atoms with Crippen LogP contribution in [0.4, 0.5) is 0 Å². The third-order valence-electron chi connectivity index (χ3n) is 3.77. The molecule has 18 heavy (non-hydrogen) atoms. The molecule has 0 radical (unpaired) electrons. The van der Waals surface area contributed by atoms with Crippen molar-refractivity contribution in [2.45, 2.75) is 33.1 Å². The first-order valence-corrected chi connectivity index (χ1v) is 6.80. The van der Waals surface area contributed by atoms with Crippen molar-refractivity contribution in [3.05, 3.63) is 0 Å². The van der Waals surface area contributed by atoms with E-state index in [0.717, 1.165) is 32.4 Å². The van der Waals surface area contributed by atoms with Crippen LogP contribution in [-0.4, -0.2) is 49.9 Å². The van der Waals surface area contributed by atoms with Crippen LogP contribution in [0.3, 0.4) is 0 Å². The molecule has 1 atom stereocenters. The molecule has 0 aromatic heterocycles. The molecule has 5 nitrogen and oxygen atoms in total. The number of amides is 2. The Kier molecular flexibility index (Phi) is 5.59. The predicted molar refractivity (Wildman–Crippen MR) is 71.1 cm³/mol. The summed E-state index contributed by atoms with van der Waals surface area (Å²) in [6.45, 7) is 6.51. The van der Waals surface area contributed by atoms with E-state index in [1.807, 2.05) is 6.92 Å². The molecule has 1 aliphatic rings. The number of likely N-dealkylation sites (N-methyl/N-ethyl adjacent to an activating group) is 1. The maximum absolute atomic E-state index is 12.6. The quantitative estimate of drug-likeness (QED) is 0.720. The van der Waals surface area contributed by atoms with Gasteiger partial charge in [0.25, 0.3) is 0 Å². The summed E-state index contributed by atoms with van der Waals surface area (Å²) in [5, 5.41) is 5.84. The summed E-state index contributed by atoms with van der Waals surface area (Å²) < 4.78 is 0. The SMILES string of the molecule is CCCN(CC(=O)NC)C(=O)C1(CC)CCNC1. The van der Waals surface area contributed by atoms with Crippen LogP contribution in [0.15, 0.2) is 0 Å². The monoisotopic (exact) mass is 255 g/mol. The minimum Gasteiger partial charge on any atom is -0.358 e. The molecular formula is C13H25N3O2. The maximum atomic E-state index is 12.6. The number of rotatable bonds is 6. The van der Waals surface area contributed by atoms with Gasteiger partial charge >= 0.3 is 0 Å². The van der Waals surface area contributed by atoms with Crippen molar-refractivity contribution in [2.75, 3.05) is 33.2 Å². The molecule has 1 heterocycles. The molecular weight excluding hydrogens is 230 g/mol. The summed E-state index contributed by atoms with van der Waals surface area (Å²) >= 11 is 0. The van der Waals surface area contributed by atoms with E-state index in [-0.39, 0.29) is 23.8 Å². The van der Waals surface area contributed by atoms with E-state index < -0.39 is 0 Å². The van der Waals surface area contributed by atoms with Crippen LogP contribution in [-0.2, 0) is 9.59 Å². The Hall–Kier alpha value is -1.10. The Morgan fingerprint density at radius 1 is 1.39 bits per heavy atom. The zero-order valence-corrected chi connectivity index (χ0v) is 11.7. The number of hydrogen-bond acceptors (Lipinski definition) is 3. The fourth-order valence-electron chi connectivity index (χ4n) is 2.49. The highest BCUT2D eigenvalue weighted by Crippen LogP contribution is 2.31. The molecule has 1 rings (SSSR count). The van der Waals surface area contributed by atoms with Crippen LogP contribution in [0.25, 0.3) is 0 Å². The zero-order valence-electron chi connectivity index (χ0n) is 11.7. The number of hydrogen-bond donors (Lipinski definition) is 2. The average Bonchev–Trinajstić information content (AvgIpc) is 2.87. The second-order valence-corrected chi connectivity index (χ2v) is 4.96. The van der Waals surface area contributed by atoms with Crippen molar-refractivity contribution < 1.29 is 9.59 Å². The molecule has 0 spiro atoms. The van der Waals surface area contributed by atoms with E-state index in [2.05, 4.69) is 17.6 Å². The second-order valence-electron chi connectivity index (χ2n) is 4.96. The molecule has 5 heteroatoms. The molecule has 0 aromatic rings. The Balaban J connectivity index is 2.77. The fraction of sp³-hybridized carbons (Fsp3) is 0.846. The topological polar surface area (TPSA) is 61.4 Å². The van der Waals surface area contributed by atoms with Crippen LogP contribution in [0.1, 0.15) is 33.1 Å².